The van der Waals surface area contributed by atoms with Crippen LogP contribution in [0.3, 0.4) is 0 Å². The number of nitrogens with one attached hydrogen (secondary N) is 4. The lowest BCUT2D eigenvalue weighted by atomic mass is 9.62. The van der Waals surface area contributed by atoms with E-state index in [0.717, 1.165) is 12.5 Å². The van der Waals surface area contributed by atoms with Gasteiger partial charge in [-0.05, 0) is 87.4 Å². The fourth-order valence-electron chi connectivity index (χ4n) is 9.97. The Labute approximate surface area is 403 Å². The third-order valence-corrected chi connectivity index (χ3v) is 14.8. The minimum absolute atomic E-state index is 0.0373. The number of ether oxygens (including phenoxy) is 6. The summed E-state index contributed by atoms with van der Waals surface area (Å²) in [5.74, 6) is -2.01. The maximum atomic E-state index is 14.3. The minimum atomic E-state index is -3.05. The van der Waals surface area contributed by atoms with Gasteiger partial charge >= 0.3 is 51.0 Å². The maximum absolute atomic E-state index is 14.3. The number of nitrogens with zero attached hydrogens (tertiary/aromatic N) is 1. The van der Waals surface area contributed by atoms with Crippen molar-refractivity contribution in [3.8, 4) is 0 Å². The van der Waals surface area contributed by atoms with Crippen molar-refractivity contribution >= 4 is 51.0 Å². The Morgan fingerprint density at radius 1 is 0.706 bits per heavy atom. The van der Waals surface area contributed by atoms with Gasteiger partial charge in [-0.15, -0.1) is 0 Å². The Hall–Kier alpha value is -4.67. The van der Waals surface area contributed by atoms with Crippen LogP contribution >= 0.6 is 0 Å². The molecule has 0 saturated heterocycles. The Morgan fingerprint density at radius 3 is 1.76 bits per heavy atom. The smallest absolute Gasteiger partial charge is 0.466 e. The zero-order chi connectivity index (χ0) is 51.3. The van der Waals surface area contributed by atoms with Crippen LogP contribution in [-0.4, -0.2) is 154 Å². The van der Waals surface area contributed by atoms with E-state index in [4.69, 9.17) is 41.7 Å². The largest absolute Gasteiger partial charge is 0.500 e. The fourth-order valence-corrected chi connectivity index (χ4v) is 11.7. The third kappa shape index (κ3) is 20.9. The number of hydrogen-bond acceptors (Lipinski definition) is 16. The van der Waals surface area contributed by atoms with Gasteiger partial charge in [-0.1, -0.05) is 48.1 Å². The second-order valence-corrected chi connectivity index (χ2v) is 23.1. The average molecular weight is 988 g/mol. The van der Waals surface area contributed by atoms with Crippen LogP contribution in [0.2, 0.25) is 6.04 Å². The molecular weight excluding hydrogens is 907 g/mol. The van der Waals surface area contributed by atoms with Crippen LogP contribution in [0.4, 0.5) is 19.2 Å². The first-order valence-electron chi connectivity index (χ1n) is 23.4. The van der Waals surface area contributed by atoms with Gasteiger partial charge in [-0.25, -0.2) is 28.8 Å². The van der Waals surface area contributed by atoms with Crippen LogP contribution in [0.25, 0.3) is 0 Å². The molecule has 2 saturated carbocycles. The molecule has 0 aromatic rings. The Bertz CT molecular complexity index is 1690. The van der Waals surface area contributed by atoms with E-state index < -0.39 is 80.4 Å². The highest BCUT2D eigenvalue weighted by Gasteiger charge is 2.45. The molecule has 2 fully saturated rings. The summed E-state index contributed by atoms with van der Waals surface area (Å²) >= 11 is 0. The third-order valence-electron chi connectivity index (χ3n) is 12.0. The number of carbonyl (C=O) groups excluding carboxylic acids is 7. The van der Waals surface area contributed by atoms with Crippen LogP contribution < -0.4 is 21.3 Å². The summed E-state index contributed by atoms with van der Waals surface area (Å²) in [7, 11) is 1.41. The number of hydrogen-bond donors (Lipinski definition) is 4. The standard InChI is InChI=1S/C46H81N5O16Si/c1-14-36(52)64-19-20-65-42(58)50-34-24-44(7,8)29-46(10,26-34)31-48-41(57)67-32(4)27-66-40(56)47-30-45(9)25-33(23-43(5,6)28-45)49-39(55)51(18-17-21-68(59-11,60-12)61-13)35(38(54)63-16-3)22-37(53)62-15-2/h14,32-35H,1,15-31H2,2-13H3,(H,47,56)(H,48,57)(H,49,55)(H,50,58). The predicted octanol–water partition coefficient (Wildman–Crippen LogP) is 5.62. The summed E-state index contributed by atoms with van der Waals surface area (Å²) < 4.78 is 48.1. The molecule has 2 rings (SSSR count). The van der Waals surface area contributed by atoms with E-state index >= 15 is 0 Å². The van der Waals surface area contributed by atoms with Gasteiger partial charge in [0, 0.05) is 65.2 Å². The van der Waals surface area contributed by atoms with Crippen molar-refractivity contribution in [2.75, 3.05) is 74.0 Å². The molecule has 2 aliphatic carbocycles. The monoisotopic (exact) mass is 988 g/mol. The van der Waals surface area contributed by atoms with Gasteiger partial charge in [0.2, 0.25) is 0 Å². The Kier molecular flexibility index (Phi) is 24.0. The van der Waals surface area contributed by atoms with E-state index in [0.29, 0.717) is 44.6 Å². The number of alkyl carbamates (subject to hydrolysis) is 3. The molecule has 0 radical (unpaired) electrons. The van der Waals surface area contributed by atoms with E-state index in [1.54, 1.807) is 20.8 Å². The van der Waals surface area contributed by atoms with Crippen molar-refractivity contribution in [1.29, 1.82) is 0 Å². The van der Waals surface area contributed by atoms with Crippen LogP contribution in [0, 0.1) is 21.7 Å². The number of rotatable bonds is 26. The average Bonchev–Trinajstić information content (AvgIpc) is 3.24. The molecule has 390 valence electrons. The lowest BCUT2D eigenvalue weighted by molar-refractivity contribution is -0.155. The molecule has 68 heavy (non-hydrogen) atoms. The van der Waals surface area contributed by atoms with Crippen molar-refractivity contribution in [3.63, 3.8) is 0 Å². The summed E-state index contributed by atoms with van der Waals surface area (Å²) in [6.45, 7) is 20.8. The van der Waals surface area contributed by atoms with E-state index in [-0.39, 0.29) is 75.6 Å². The van der Waals surface area contributed by atoms with Crippen molar-refractivity contribution < 1.29 is 75.3 Å². The molecule has 22 heteroatoms. The molecule has 0 heterocycles. The highest BCUT2D eigenvalue weighted by atomic mass is 28.4. The van der Waals surface area contributed by atoms with Gasteiger partial charge in [-0.3, -0.25) is 4.79 Å². The number of carbonyl (C=O) groups is 7. The van der Waals surface area contributed by atoms with E-state index in [9.17, 15) is 33.6 Å². The zero-order valence-corrected chi connectivity index (χ0v) is 43.6. The van der Waals surface area contributed by atoms with Crippen molar-refractivity contribution in [2.45, 2.75) is 144 Å². The second-order valence-electron chi connectivity index (χ2n) is 20.0. The van der Waals surface area contributed by atoms with Gasteiger partial charge in [0.05, 0.1) is 19.6 Å². The summed E-state index contributed by atoms with van der Waals surface area (Å²) in [6, 6.07) is -2.13. The molecule has 0 bridgehead atoms. The molecule has 5 amide bonds. The molecular formula is C46H81N5O16Si. The van der Waals surface area contributed by atoms with Gasteiger partial charge in [-0.2, -0.15) is 0 Å². The second kappa shape index (κ2) is 27.5. The topological polar surface area (TPSA) is 254 Å². The lowest BCUT2D eigenvalue weighted by Crippen LogP contribution is -2.56. The van der Waals surface area contributed by atoms with E-state index in [1.165, 1.54) is 26.2 Å². The quantitative estimate of drug-likeness (QED) is 0.0270. The first kappa shape index (κ1) is 59.5. The molecule has 6 unspecified atom stereocenters. The number of urea groups is 1. The van der Waals surface area contributed by atoms with Gasteiger partial charge in [0.25, 0.3) is 0 Å². The van der Waals surface area contributed by atoms with Crippen molar-refractivity contribution in [3.05, 3.63) is 12.7 Å². The SMILES string of the molecule is C=CC(=O)OCCOC(=O)NC1CC(C)(C)CC(C)(CNC(=O)OC(C)COC(=O)NCC2(C)CC(NC(=O)N(CCC[Si](OC)(OC)OC)C(CC(=O)OCC)C(=O)OCC)CC(C)(C)C2)C1. The number of esters is 3. The Balaban J connectivity index is 2.01. The van der Waals surface area contributed by atoms with Crippen LogP contribution in [0.1, 0.15) is 114 Å². The minimum Gasteiger partial charge on any atom is -0.466 e. The van der Waals surface area contributed by atoms with Crippen molar-refractivity contribution in [1.82, 2.24) is 26.2 Å². The summed E-state index contributed by atoms with van der Waals surface area (Å²) in [5, 5.41) is 11.7. The van der Waals surface area contributed by atoms with Gasteiger partial charge < -0.3 is 67.9 Å². The molecule has 4 N–H and O–H groups in total. The van der Waals surface area contributed by atoms with Gasteiger partial charge in [0.15, 0.2) is 0 Å². The molecule has 0 spiro atoms. The molecule has 21 nitrogen and oxygen atoms in total. The highest BCUT2D eigenvalue weighted by Crippen LogP contribution is 2.47. The molecule has 0 aromatic carbocycles. The molecule has 6 atom stereocenters. The molecule has 0 aliphatic heterocycles. The highest BCUT2D eigenvalue weighted by molar-refractivity contribution is 6.60. The summed E-state index contributed by atoms with van der Waals surface area (Å²) in [4.78, 5) is 91.2. The normalized spacial score (nSPS) is 22.7. The zero-order valence-electron chi connectivity index (χ0n) is 42.6. The Morgan fingerprint density at radius 2 is 1.24 bits per heavy atom. The van der Waals surface area contributed by atoms with Crippen LogP contribution in [0.15, 0.2) is 12.7 Å². The molecule has 2 aliphatic rings. The predicted molar refractivity (Wildman–Crippen MR) is 251 cm³/mol. The van der Waals surface area contributed by atoms with Crippen molar-refractivity contribution in [2.24, 2.45) is 21.7 Å². The van der Waals surface area contributed by atoms with Gasteiger partial charge in [0.1, 0.15) is 32.0 Å². The molecule has 0 aromatic heterocycles. The maximum Gasteiger partial charge on any atom is 0.500 e. The van der Waals surface area contributed by atoms with E-state index in [2.05, 4.69) is 55.5 Å². The lowest BCUT2D eigenvalue weighted by Gasteiger charge is -2.47. The first-order chi connectivity index (χ1) is 31.8. The summed E-state index contributed by atoms with van der Waals surface area (Å²) in [5.41, 5.74) is -1.34. The first-order valence-corrected chi connectivity index (χ1v) is 25.4. The summed E-state index contributed by atoms with van der Waals surface area (Å²) in [6.07, 6.45) is 1.92. The van der Waals surface area contributed by atoms with Crippen LogP contribution in [-0.2, 0) is 56.1 Å². The fraction of sp³-hybridized carbons (Fsp3) is 0.804. The van der Waals surface area contributed by atoms with Crippen LogP contribution in [0.5, 0.6) is 0 Å². The van der Waals surface area contributed by atoms with E-state index in [1.807, 2.05) is 13.8 Å². The number of amides is 5.